The Hall–Kier alpha value is -11.5. The molecule has 2 fully saturated rings. The van der Waals surface area contributed by atoms with Crippen LogP contribution in [0.1, 0.15) is 120 Å². The summed E-state index contributed by atoms with van der Waals surface area (Å²) in [5, 5.41) is 63.2. The summed E-state index contributed by atoms with van der Waals surface area (Å²) in [6.07, 6.45) is 2.66. The summed E-state index contributed by atoms with van der Waals surface area (Å²) in [5.41, 5.74) is 1.50. The predicted octanol–water partition coefficient (Wildman–Crippen LogP) is 5.42. The number of nitrogens with one attached hydrogen (secondary N) is 7. The van der Waals surface area contributed by atoms with Gasteiger partial charge in [-0.15, -0.1) is 10.2 Å². The molecule has 0 saturated carbocycles. The molecule has 9 N–H and O–H groups in total. The lowest BCUT2D eigenvalue weighted by atomic mass is 9.85. The van der Waals surface area contributed by atoms with Gasteiger partial charge in [-0.25, -0.2) is 14.2 Å². The highest BCUT2D eigenvalue weighted by atomic mass is 16.5. The van der Waals surface area contributed by atoms with E-state index in [-0.39, 0.29) is 71.2 Å². The van der Waals surface area contributed by atoms with E-state index in [0.717, 1.165) is 21.5 Å². The van der Waals surface area contributed by atoms with Crippen molar-refractivity contribution in [2.24, 2.45) is 16.7 Å². The molecule has 6 aliphatic heterocycles. The largest absolute Gasteiger partial charge is 0.493 e. The van der Waals surface area contributed by atoms with Crippen LogP contribution in [-0.2, 0) is 86.7 Å². The number of amides is 7. The normalized spacial score (nSPS) is 21.7. The molecule has 29 nitrogen and oxygen atoms in total. The quantitative estimate of drug-likeness (QED) is 0.0656. The second kappa shape index (κ2) is 35.1. The van der Waals surface area contributed by atoms with E-state index in [2.05, 4.69) is 57.8 Å². The third-order valence-corrected chi connectivity index (χ3v) is 21.1. The standard InChI is InChI=1S/C82H99N15O14/c1-47(83-9)72(99)88-70(81(3,4)5)77(104)94-45-61-41-67(94)75(102)85-64(37-51-19-25-53-15-11-13-17-55(53)34-51)69(98)39-57(79(106)107)33-49-21-27-62(28-22-49)110-32-31-58-42-96(92-90-58)60-40-68(95(44-60)78(105)71(82(6,7)8)89-73(100)48(2)84-10)76(103)86-65(38-52-20-26-54-16-12-14-18-56(54)35-52)74(101)87-66(80(108)109)36-50-23-29-63(30-24-50)111-46-59-43-97(61)93-91-59/h11-30,34-35,42-43,47-48,57,60-61,64-68,70-71,83-84H,31-33,36-41,44-46H2,1-10H3,(H,85,102)(H,86,103)(H,87,101)(H,88,99)(H,89,100)(H,106,107)(H,108,109)/t47-,48-,57+,60-,61-,64-,65-,66-,67-,68-,70+,71+/m0/s1. The minimum absolute atomic E-state index is 0.00913. The number of rotatable bonds is 14. The summed E-state index contributed by atoms with van der Waals surface area (Å²) in [4.78, 5) is 147. The van der Waals surface area contributed by atoms with Crippen LogP contribution in [0.15, 0.2) is 146 Å². The van der Waals surface area contributed by atoms with Crippen molar-refractivity contribution in [3.63, 3.8) is 0 Å². The minimum atomic E-state index is -1.51. The molecule has 0 radical (unpaired) electrons. The van der Waals surface area contributed by atoms with Crippen molar-refractivity contribution in [1.82, 2.24) is 77.0 Å². The van der Waals surface area contributed by atoms with Crippen LogP contribution in [0.25, 0.3) is 21.5 Å². The molecule has 2 saturated heterocycles. The molecule has 6 aliphatic rings. The van der Waals surface area contributed by atoms with Gasteiger partial charge in [0.2, 0.25) is 41.4 Å². The smallest absolute Gasteiger partial charge is 0.326 e. The lowest BCUT2D eigenvalue weighted by Crippen LogP contribution is -2.60. The van der Waals surface area contributed by atoms with Gasteiger partial charge in [-0.05, 0) is 120 Å². The number of carbonyl (C=O) groups excluding carboxylic acids is 8. The Balaban J connectivity index is 0.913. The van der Waals surface area contributed by atoms with Crippen molar-refractivity contribution in [2.75, 3.05) is 33.8 Å². The fourth-order valence-corrected chi connectivity index (χ4v) is 14.3. The highest BCUT2D eigenvalue weighted by Gasteiger charge is 2.49. The van der Waals surface area contributed by atoms with Crippen LogP contribution >= 0.6 is 0 Å². The van der Waals surface area contributed by atoms with E-state index in [1.165, 1.54) is 14.5 Å². The summed E-state index contributed by atoms with van der Waals surface area (Å²) in [5.74, 6) is -7.87. The number of ketones is 1. The third kappa shape index (κ3) is 20.1. The molecule has 2 aromatic heterocycles. The van der Waals surface area contributed by atoms with Crippen molar-refractivity contribution in [3.8, 4) is 11.5 Å². The molecule has 0 spiro atoms. The Morgan fingerprint density at radius 2 is 0.982 bits per heavy atom. The maximum Gasteiger partial charge on any atom is 0.326 e. The number of carboxylic acids is 2. The van der Waals surface area contributed by atoms with Crippen molar-refractivity contribution >= 4 is 80.6 Å². The molecule has 8 heterocycles. The predicted molar refractivity (Wildman–Crippen MR) is 411 cm³/mol. The first-order valence-electron chi connectivity index (χ1n) is 37.6. The summed E-state index contributed by atoms with van der Waals surface area (Å²) >= 11 is 0. The summed E-state index contributed by atoms with van der Waals surface area (Å²) < 4.78 is 15.5. The number of hydrogen-bond donors (Lipinski definition) is 9. The number of carboxylic acid groups (broad SMARTS) is 2. The highest BCUT2D eigenvalue weighted by molar-refractivity contribution is 5.99. The molecule has 8 aromatic rings. The first-order valence-corrected chi connectivity index (χ1v) is 37.6. The van der Waals surface area contributed by atoms with Crippen molar-refractivity contribution < 1.29 is 67.6 Å². The van der Waals surface area contributed by atoms with Crippen LogP contribution < -0.4 is 46.7 Å². The van der Waals surface area contributed by atoms with Gasteiger partial charge in [0.1, 0.15) is 60.1 Å². The van der Waals surface area contributed by atoms with Gasteiger partial charge in [-0.2, -0.15) is 0 Å². The summed E-state index contributed by atoms with van der Waals surface area (Å²) in [7, 11) is 3.23. The maximum atomic E-state index is 15.3. The van der Waals surface area contributed by atoms with Crippen LogP contribution in [0.2, 0.25) is 0 Å². The average molecular weight is 1520 g/mol. The number of benzene rings is 6. The molecule has 12 bridgehead atoms. The lowest BCUT2D eigenvalue weighted by Gasteiger charge is -2.36. The zero-order valence-electron chi connectivity index (χ0n) is 64.1. The van der Waals surface area contributed by atoms with Crippen LogP contribution in [0.3, 0.4) is 0 Å². The monoisotopic (exact) mass is 1520 g/mol. The number of carbonyl (C=O) groups is 10. The van der Waals surface area contributed by atoms with Gasteiger partial charge >= 0.3 is 11.9 Å². The minimum Gasteiger partial charge on any atom is -0.493 e. The van der Waals surface area contributed by atoms with E-state index < -0.39 is 149 Å². The molecular formula is C82H99N15O14. The number of hydrogen-bond acceptors (Lipinski definition) is 18. The van der Waals surface area contributed by atoms with E-state index in [9.17, 15) is 34.2 Å². The Morgan fingerprint density at radius 1 is 0.532 bits per heavy atom. The Labute approximate surface area is 643 Å². The summed E-state index contributed by atoms with van der Waals surface area (Å²) in [6.45, 7) is 13.9. The first kappa shape index (κ1) is 80.6. The van der Waals surface area contributed by atoms with E-state index >= 15 is 24.0 Å². The molecular weight excluding hydrogens is 1420 g/mol. The third-order valence-electron chi connectivity index (χ3n) is 21.1. The lowest BCUT2D eigenvalue weighted by molar-refractivity contribution is -0.145. The van der Waals surface area contributed by atoms with Gasteiger partial charge in [0.25, 0.3) is 0 Å². The Morgan fingerprint density at radius 3 is 1.46 bits per heavy atom. The van der Waals surface area contributed by atoms with Crippen LogP contribution in [0.5, 0.6) is 11.5 Å². The van der Waals surface area contributed by atoms with E-state index in [1.807, 2.05) is 84.9 Å². The number of nitrogens with zero attached hydrogens (tertiary/aromatic N) is 8. The fourth-order valence-electron chi connectivity index (χ4n) is 14.3. The second-order valence-electron chi connectivity index (χ2n) is 31.4. The second-order valence-corrected chi connectivity index (χ2v) is 31.4. The van der Waals surface area contributed by atoms with Crippen molar-refractivity contribution in [3.05, 3.63) is 179 Å². The Bertz CT molecular complexity index is 4720. The van der Waals surface area contributed by atoms with Gasteiger partial charge in [-0.3, -0.25) is 43.2 Å². The zero-order chi connectivity index (χ0) is 79.6. The number of ether oxygens (including phenoxy) is 2. The van der Waals surface area contributed by atoms with E-state index in [4.69, 9.17) is 9.47 Å². The highest BCUT2D eigenvalue weighted by Crippen LogP contribution is 2.35. The summed E-state index contributed by atoms with van der Waals surface area (Å²) in [6, 6.07) is 28.2. The molecule has 12 atom stereocenters. The van der Waals surface area contributed by atoms with Crippen LogP contribution in [-0.4, -0.2) is 197 Å². The van der Waals surface area contributed by atoms with Gasteiger partial charge in [0, 0.05) is 57.8 Å². The fraction of sp³-hybridized carbons (Fsp3) is 0.439. The molecule has 0 unspecified atom stereocenters. The van der Waals surface area contributed by atoms with Crippen LogP contribution in [0.4, 0.5) is 0 Å². The number of aromatic nitrogens is 6. The first-order chi connectivity index (χ1) is 52.9. The van der Waals surface area contributed by atoms with Gasteiger partial charge in [0.05, 0.1) is 54.6 Å². The number of fused-ring (bicyclic) bond motifs is 2. The number of aliphatic carboxylic acids is 2. The molecule has 6 aromatic carbocycles. The average Bonchev–Trinajstić information content (AvgIpc) is 1.01. The topological polar surface area (TPSA) is 382 Å². The van der Waals surface area contributed by atoms with Gasteiger partial charge in [-0.1, -0.05) is 161 Å². The molecule has 0 aliphatic carbocycles. The van der Waals surface area contributed by atoms with E-state index in [0.29, 0.717) is 45.1 Å². The maximum absolute atomic E-state index is 15.3. The van der Waals surface area contributed by atoms with Crippen molar-refractivity contribution in [1.29, 1.82) is 0 Å². The van der Waals surface area contributed by atoms with Crippen molar-refractivity contribution in [2.45, 2.75) is 180 Å². The molecule has 29 heteroatoms. The van der Waals surface area contributed by atoms with Gasteiger partial charge in [0.15, 0.2) is 5.78 Å². The molecule has 111 heavy (non-hydrogen) atoms. The molecule has 14 rings (SSSR count). The van der Waals surface area contributed by atoms with E-state index in [1.54, 1.807) is 135 Å². The molecule has 7 amide bonds. The SMILES string of the molecule is CN[C@@H](C)C(=O)N[C@H](C(=O)N1C[C@@H]2C[C@H]1C(=O)N[C@@H](Cc1ccc3ccccc3c1)C(=O)C[C@H](C(=O)O)Cc1ccc(cc1)OCCc1cn(nn1)[C@H]1C[C@@H](C(=O)N[C@@H](Cc3ccc4ccccc4c3)C(=O)N[C@H](C(=O)O)Cc3ccc(cc3)OCc3cn2nn3)N(C(=O)[C@@H](NC(=O)[C@H](C)NC)C(C)(C)C)C1)C(C)(C)C. The zero-order valence-corrected chi connectivity index (χ0v) is 64.1. The van der Waals surface area contributed by atoms with Gasteiger partial charge < -0.3 is 66.7 Å². The number of likely N-dealkylation sites (N-methyl/N-ethyl adjacent to an activating group) is 2. The van der Waals surface area contributed by atoms with Crippen LogP contribution in [0, 0.1) is 16.7 Å². The Kier molecular flexibility index (Phi) is 25.4. The number of likely N-dealkylation sites (tertiary alicyclic amines) is 2. The molecule has 586 valence electrons. The number of Topliss-reactive ketones (excluding diaryl/α,β-unsaturated/α-hetero) is 1.